The van der Waals surface area contributed by atoms with E-state index in [0.29, 0.717) is 5.69 Å². The van der Waals surface area contributed by atoms with Gasteiger partial charge in [0.25, 0.3) is 0 Å². The summed E-state index contributed by atoms with van der Waals surface area (Å²) in [5, 5.41) is 18.6. The van der Waals surface area contributed by atoms with Gasteiger partial charge in [-0.15, -0.1) is 11.3 Å². The van der Waals surface area contributed by atoms with E-state index in [9.17, 15) is 4.79 Å². The van der Waals surface area contributed by atoms with Gasteiger partial charge >= 0.3 is 5.97 Å². The van der Waals surface area contributed by atoms with Gasteiger partial charge in [-0.2, -0.15) is 0 Å². The van der Waals surface area contributed by atoms with Crippen molar-refractivity contribution in [2.75, 3.05) is 6.61 Å². The van der Waals surface area contributed by atoms with Crippen LogP contribution in [-0.2, 0) is 0 Å². The average Bonchev–Trinajstić information content (AvgIpc) is 2.48. The molecular weight excluding hydrogens is 178 g/mol. The third-order valence-electron chi connectivity index (χ3n) is 1.10. The minimum atomic E-state index is -1.02. The van der Waals surface area contributed by atoms with Gasteiger partial charge in [-0.25, -0.2) is 9.78 Å². The van der Waals surface area contributed by atoms with Crippen LogP contribution in [0.25, 0.3) is 6.08 Å². The van der Waals surface area contributed by atoms with E-state index in [0.717, 1.165) is 11.3 Å². The molecule has 2 N–H and O–H groups in total. The average molecular weight is 185 g/mol. The number of aromatic nitrogens is 1. The third-order valence-corrected chi connectivity index (χ3v) is 1.95. The molecular formula is C7H7NO3S. The van der Waals surface area contributed by atoms with Crippen molar-refractivity contribution in [3.63, 3.8) is 0 Å². The molecule has 0 amide bonds. The molecule has 0 unspecified atom stereocenters. The lowest BCUT2D eigenvalue weighted by molar-refractivity contribution is 0.0696. The number of aliphatic hydroxyl groups excluding tert-OH is 1. The highest BCUT2D eigenvalue weighted by Crippen LogP contribution is 2.10. The SMILES string of the molecule is O=C(O)c1nc(C=CCO)cs1. The van der Waals surface area contributed by atoms with Crippen LogP contribution >= 0.6 is 11.3 Å². The van der Waals surface area contributed by atoms with Gasteiger partial charge in [-0.3, -0.25) is 0 Å². The van der Waals surface area contributed by atoms with Gasteiger partial charge in [-0.05, 0) is 6.08 Å². The van der Waals surface area contributed by atoms with Crippen LogP contribution in [0.1, 0.15) is 15.5 Å². The maximum Gasteiger partial charge on any atom is 0.365 e. The standard InChI is InChI=1S/C7H7NO3S/c9-3-1-2-5-4-12-6(8-5)7(10)11/h1-2,4,9H,3H2,(H,10,11). The van der Waals surface area contributed by atoms with Crippen molar-refractivity contribution in [2.24, 2.45) is 0 Å². The van der Waals surface area contributed by atoms with Crippen LogP contribution in [0.15, 0.2) is 11.5 Å². The monoisotopic (exact) mass is 185 g/mol. The molecule has 0 saturated heterocycles. The molecule has 0 aliphatic rings. The zero-order valence-corrected chi connectivity index (χ0v) is 6.91. The second-order valence-electron chi connectivity index (χ2n) is 1.97. The molecule has 0 saturated carbocycles. The van der Waals surface area contributed by atoms with E-state index in [-0.39, 0.29) is 11.6 Å². The third kappa shape index (κ3) is 2.14. The van der Waals surface area contributed by atoms with Crippen molar-refractivity contribution in [1.29, 1.82) is 0 Å². The molecule has 64 valence electrons. The number of aliphatic hydroxyl groups is 1. The number of rotatable bonds is 3. The van der Waals surface area contributed by atoms with E-state index in [4.69, 9.17) is 10.2 Å². The minimum Gasteiger partial charge on any atom is -0.476 e. The molecule has 1 rings (SSSR count). The van der Waals surface area contributed by atoms with Gasteiger partial charge in [0, 0.05) is 5.38 Å². The van der Waals surface area contributed by atoms with Crippen LogP contribution in [-0.4, -0.2) is 27.8 Å². The van der Waals surface area contributed by atoms with Crippen LogP contribution in [0.4, 0.5) is 0 Å². The van der Waals surface area contributed by atoms with E-state index in [1.807, 2.05) is 0 Å². The summed E-state index contributed by atoms with van der Waals surface area (Å²) >= 11 is 1.06. The largest absolute Gasteiger partial charge is 0.476 e. The normalized spacial score (nSPS) is 10.8. The Bertz CT molecular complexity index is 305. The Kier molecular flexibility index (Phi) is 2.95. The van der Waals surface area contributed by atoms with E-state index >= 15 is 0 Å². The predicted octanol–water partition coefficient (Wildman–Crippen LogP) is 0.847. The molecule has 1 heterocycles. The van der Waals surface area contributed by atoms with E-state index in [2.05, 4.69) is 4.98 Å². The Morgan fingerprint density at radius 3 is 3.00 bits per heavy atom. The lowest BCUT2D eigenvalue weighted by Gasteiger charge is -1.81. The first kappa shape index (κ1) is 8.89. The molecule has 0 fully saturated rings. The molecule has 0 atom stereocenters. The molecule has 12 heavy (non-hydrogen) atoms. The Morgan fingerprint density at radius 2 is 2.50 bits per heavy atom. The Labute approximate surface area is 72.8 Å². The quantitative estimate of drug-likeness (QED) is 0.732. The van der Waals surface area contributed by atoms with Gasteiger partial charge in [0.05, 0.1) is 12.3 Å². The highest BCUT2D eigenvalue weighted by Gasteiger charge is 2.06. The lowest BCUT2D eigenvalue weighted by atomic mass is 10.4. The lowest BCUT2D eigenvalue weighted by Crippen LogP contribution is -1.93. The van der Waals surface area contributed by atoms with Crippen LogP contribution in [0.5, 0.6) is 0 Å². The number of nitrogens with zero attached hydrogens (tertiary/aromatic N) is 1. The van der Waals surface area contributed by atoms with E-state index < -0.39 is 5.97 Å². The fraction of sp³-hybridized carbons (Fsp3) is 0.143. The smallest absolute Gasteiger partial charge is 0.365 e. The Morgan fingerprint density at radius 1 is 1.75 bits per heavy atom. The van der Waals surface area contributed by atoms with Crippen molar-refractivity contribution in [3.05, 3.63) is 22.2 Å². The molecule has 4 nitrogen and oxygen atoms in total. The summed E-state index contributed by atoms with van der Waals surface area (Å²) < 4.78 is 0. The molecule has 0 radical (unpaired) electrons. The van der Waals surface area contributed by atoms with E-state index in [1.165, 1.54) is 6.08 Å². The van der Waals surface area contributed by atoms with Crippen molar-refractivity contribution in [2.45, 2.75) is 0 Å². The van der Waals surface area contributed by atoms with Crippen LogP contribution in [0.3, 0.4) is 0 Å². The first-order valence-electron chi connectivity index (χ1n) is 3.20. The van der Waals surface area contributed by atoms with Crippen LogP contribution < -0.4 is 0 Å². The molecule has 0 aromatic carbocycles. The Hall–Kier alpha value is -1.20. The van der Waals surface area contributed by atoms with Gasteiger partial charge in [0.1, 0.15) is 0 Å². The van der Waals surface area contributed by atoms with Crippen molar-refractivity contribution in [1.82, 2.24) is 4.98 Å². The molecule has 0 aliphatic heterocycles. The second kappa shape index (κ2) is 3.99. The summed E-state index contributed by atoms with van der Waals surface area (Å²) in [5.74, 6) is -1.02. The molecule has 0 aliphatic carbocycles. The minimum absolute atomic E-state index is 0.0626. The summed E-state index contributed by atoms with van der Waals surface area (Å²) in [6.45, 7) is -0.0695. The van der Waals surface area contributed by atoms with E-state index in [1.54, 1.807) is 11.5 Å². The van der Waals surface area contributed by atoms with Gasteiger partial charge in [0.15, 0.2) is 0 Å². The Balaban J connectivity index is 2.77. The molecule has 1 aromatic rings. The number of hydrogen-bond acceptors (Lipinski definition) is 4. The van der Waals surface area contributed by atoms with Gasteiger partial charge in [0.2, 0.25) is 5.01 Å². The number of carbonyl (C=O) groups is 1. The van der Waals surface area contributed by atoms with Crippen molar-refractivity contribution in [3.8, 4) is 0 Å². The van der Waals surface area contributed by atoms with Crippen molar-refractivity contribution < 1.29 is 15.0 Å². The zero-order chi connectivity index (χ0) is 8.97. The van der Waals surface area contributed by atoms with Crippen LogP contribution in [0, 0.1) is 0 Å². The fourth-order valence-corrected chi connectivity index (χ4v) is 1.26. The predicted molar refractivity (Wildman–Crippen MR) is 45.2 cm³/mol. The second-order valence-corrected chi connectivity index (χ2v) is 2.83. The first-order chi connectivity index (χ1) is 5.74. The summed E-state index contributed by atoms with van der Waals surface area (Å²) in [6, 6.07) is 0. The highest BCUT2D eigenvalue weighted by atomic mass is 32.1. The van der Waals surface area contributed by atoms with Gasteiger partial charge < -0.3 is 10.2 Å². The highest BCUT2D eigenvalue weighted by molar-refractivity contribution is 7.11. The fourth-order valence-electron chi connectivity index (χ4n) is 0.634. The number of carboxylic acids is 1. The number of hydrogen-bond donors (Lipinski definition) is 2. The van der Waals surface area contributed by atoms with Crippen molar-refractivity contribution >= 4 is 23.4 Å². The molecule has 5 heteroatoms. The molecule has 1 aromatic heterocycles. The zero-order valence-electron chi connectivity index (χ0n) is 6.10. The molecule has 0 spiro atoms. The van der Waals surface area contributed by atoms with Gasteiger partial charge in [-0.1, -0.05) is 6.08 Å². The summed E-state index contributed by atoms with van der Waals surface area (Å²) in [7, 11) is 0. The first-order valence-corrected chi connectivity index (χ1v) is 4.08. The topological polar surface area (TPSA) is 70.4 Å². The van der Waals surface area contributed by atoms with Crippen LogP contribution in [0.2, 0.25) is 0 Å². The number of carboxylic acid groups (broad SMARTS) is 1. The maximum atomic E-state index is 10.4. The summed E-state index contributed by atoms with van der Waals surface area (Å²) in [5.41, 5.74) is 0.562. The summed E-state index contributed by atoms with van der Waals surface area (Å²) in [6.07, 6.45) is 3.07. The number of thiazole rings is 1. The maximum absolute atomic E-state index is 10.4. The molecule has 0 bridgehead atoms. The summed E-state index contributed by atoms with van der Waals surface area (Å²) in [4.78, 5) is 14.1. The number of aromatic carboxylic acids is 1.